The van der Waals surface area contributed by atoms with Crippen molar-refractivity contribution in [3.8, 4) is 0 Å². The van der Waals surface area contributed by atoms with Gasteiger partial charge in [0.2, 0.25) is 0 Å². The first kappa shape index (κ1) is 18.2. The van der Waals surface area contributed by atoms with Gasteiger partial charge >= 0.3 is 5.97 Å². The number of nitrogens with zero attached hydrogens (tertiary/aromatic N) is 3. The van der Waals surface area contributed by atoms with E-state index in [1.165, 1.54) is 16.6 Å². The average Bonchev–Trinajstić information content (AvgIpc) is 3.13. The number of anilines is 2. The van der Waals surface area contributed by atoms with E-state index in [9.17, 15) is 18.3 Å². The number of benzene rings is 1. The molecule has 3 rings (SSSR count). The van der Waals surface area contributed by atoms with Gasteiger partial charge < -0.3 is 10.0 Å². The molecule has 1 N–H and O–H groups in total. The Morgan fingerprint density at radius 2 is 2.00 bits per heavy atom. The van der Waals surface area contributed by atoms with E-state index in [4.69, 9.17) is 0 Å². The molecule has 0 saturated carbocycles. The maximum Gasteiger partial charge on any atom is 0.326 e. The van der Waals surface area contributed by atoms with Crippen LogP contribution < -0.4 is 9.21 Å². The van der Waals surface area contributed by atoms with Crippen molar-refractivity contribution in [3.05, 3.63) is 48.7 Å². The molecule has 0 aliphatic carbocycles. The summed E-state index contributed by atoms with van der Waals surface area (Å²) in [4.78, 5) is 17.3. The van der Waals surface area contributed by atoms with Crippen LogP contribution in [0.3, 0.4) is 0 Å². The number of carboxylic acid groups (broad SMARTS) is 1. The summed E-state index contributed by atoms with van der Waals surface area (Å²) in [5.74, 6) is -0.404. The molecule has 0 amide bonds. The zero-order valence-corrected chi connectivity index (χ0v) is 15.3. The number of para-hydroxylation sites is 1. The number of aromatic nitrogens is 1. The lowest BCUT2D eigenvalue weighted by Crippen LogP contribution is -2.36. The van der Waals surface area contributed by atoms with Crippen LogP contribution in [0.2, 0.25) is 0 Å². The minimum absolute atomic E-state index is 0.0815. The molecule has 1 aliphatic rings. The smallest absolute Gasteiger partial charge is 0.326 e. The molecule has 1 aromatic heterocycles. The molecule has 8 heteroatoms. The van der Waals surface area contributed by atoms with Gasteiger partial charge in [0.1, 0.15) is 16.8 Å². The third-order valence-corrected chi connectivity index (χ3v) is 6.36. The SMILES string of the molecule is CCN(c1ccccc1)S(=O)(=O)c1ccc(N2CCC[C@H]2C(=O)O)nc1. The van der Waals surface area contributed by atoms with Crippen LogP contribution >= 0.6 is 0 Å². The van der Waals surface area contributed by atoms with Crippen LogP contribution in [0.4, 0.5) is 11.5 Å². The van der Waals surface area contributed by atoms with E-state index < -0.39 is 22.0 Å². The molecule has 1 aliphatic heterocycles. The van der Waals surface area contributed by atoms with E-state index in [0.717, 1.165) is 6.42 Å². The van der Waals surface area contributed by atoms with Crippen molar-refractivity contribution in [1.82, 2.24) is 4.98 Å². The Kier molecular flexibility index (Phi) is 5.13. The molecule has 1 fully saturated rings. The molecule has 7 nitrogen and oxygen atoms in total. The summed E-state index contributed by atoms with van der Waals surface area (Å²) in [5.41, 5.74) is 0.588. The lowest BCUT2D eigenvalue weighted by molar-refractivity contribution is -0.138. The highest BCUT2D eigenvalue weighted by Gasteiger charge is 2.32. The van der Waals surface area contributed by atoms with Gasteiger partial charge in [-0.05, 0) is 44.0 Å². The Hall–Kier alpha value is -2.61. The number of aliphatic carboxylic acids is 1. The summed E-state index contributed by atoms with van der Waals surface area (Å²) in [6, 6.07) is 11.3. The second-order valence-electron chi connectivity index (χ2n) is 6.05. The molecule has 1 aromatic carbocycles. The van der Waals surface area contributed by atoms with E-state index in [-0.39, 0.29) is 4.90 Å². The van der Waals surface area contributed by atoms with Crippen LogP contribution in [0.5, 0.6) is 0 Å². The number of carboxylic acids is 1. The van der Waals surface area contributed by atoms with Crippen molar-refractivity contribution in [2.45, 2.75) is 30.7 Å². The van der Waals surface area contributed by atoms with Gasteiger partial charge in [-0.15, -0.1) is 0 Å². The second kappa shape index (κ2) is 7.33. The van der Waals surface area contributed by atoms with E-state index in [1.807, 2.05) is 6.07 Å². The molecule has 2 heterocycles. The van der Waals surface area contributed by atoms with Crippen molar-refractivity contribution in [1.29, 1.82) is 0 Å². The molecule has 1 atom stereocenters. The van der Waals surface area contributed by atoms with E-state index in [0.29, 0.717) is 31.0 Å². The molecule has 0 spiro atoms. The summed E-state index contributed by atoms with van der Waals surface area (Å²) in [6.45, 7) is 2.66. The summed E-state index contributed by atoms with van der Waals surface area (Å²) in [7, 11) is -3.74. The first-order valence-corrected chi connectivity index (χ1v) is 9.92. The lowest BCUT2D eigenvalue weighted by Gasteiger charge is -2.24. The molecule has 0 bridgehead atoms. The summed E-state index contributed by atoms with van der Waals surface area (Å²) >= 11 is 0. The standard InChI is InChI=1S/C18H21N3O4S/c1-2-21(14-7-4-3-5-8-14)26(24,25)15-10-11-17(19-13-15)20-12-6-9-16(20)18(22)23/h3-5,7-8,10-11,13,16H,2,6,9,12H2,1H3,(H,22,23)/t16-/m0/s1. The van der Waals surface area contributed by atoms with Crippen LogP contribution in [0.15, 0.2) is 53.6 Å². The zero-order valence-electron chi connectivity index (χ0n) is 14.4. The largest absolute Gasteiger partial charge is 0.480 e. The van der Waals surface area contributed by atoms with Gasteiger partial charge in [0.05, 0.1) is 5.69 Å². The van der Waals surface area contributed by atoms with E-state index in [1.54, 1.807) is 42.2 Å². The fourth-order valence-electron chi connectivity index (χ4n) is 3.21. The van der Waals surface area contributed by atoms with E-state index in [2.05, 4.69) is 4.98 Å². The highest BCUT2D eigenvalue weighted by molar-refractivity contribution is 7.92. The van der Waals surface area contributed by atoms with Gasteiger partial charge in [-0.2, -0.15) is 0 Å². The van der Waals surface area contributed by atoms with Gasteiger partial charge in [0.25, 0.3) is 10.0 Å². The molecular weight excluding hydrogens is 354 g/mol. The number of carbonyl (C=O) groups is 1. The summed E-state index contributed by atoms with van der Waals surface area (Å²) < 4.78 is 27.2. The van der Waals surface area contributed by atoms with Crippen molar-refractivity contribution in [2.24, 2.45) is 0 Å². The number of hydrogen-bond acceptors (Lipinski definition) is 5. The number of pyridine rings is 1. The molecule has 26 heavy (non-hydrogen) atoms. The third-order valence-electron chi connectivity index (χ3n) is 4.47. The normalized spacial score (nSPS) is 17.3. The first-order chi connectivity index (χ1) is 12.4. The quantitative estimate of drug-likeness (QED) is 0.833. The van der Waals surface area contributed by atoms with Crippen LogP contribution in [0.1, 0.15) is 19.8 Å². The minimum Gasteiger partial charge on any atom is -0.480 e. The van der Waals surface area contributed by atoms with Crippen molar-refractivity contribution >= 4 is 27.5 Å². The average molecular weight is 375 g/mol. The fourth-order valence-corrected chi connectivity index (χ4v) is 4.63. The fraction of sp³-hybridized carbons (Fsp3) is 0.333. The van der Waals surface area contributed by atoms with Crippen LogP contribution in [0, 0.1) is 0 Å². The Bertz CT molecular complexity index is 869. The van der Waals surface area contributed by atoms with Gasteiger partial charge in [0, 0.05) is 19.3 Å². The van der Waals surface area contributed by atoms with Crippen molar-refractivity contribution in [3.63, 3.8) is 0 Å². The summed E-state index contributed by atoms with van der Waals surface area (Å²) in [5, 5.41) is 9.29. The Morgan fingerprint density at radius 3 is 2.58 bits per heavy atom. The topological polar surface area (TPSA) is 90.8 Å². The maximum atomic E-state index is 12.9. The zero-order chi connectivity index (χ0) is 18.7. The predicted molar refractivity (Wildman–Crippen MR) is 98.9 cm³/mol. The van der Waals surface area contributed by atoms with Crippen LogP contribution in [0.25, 0.3) is 0 Å². The van der Waals surface area contributed by atoms with Gasteiger partial charge in [-0.25, -0.2) is 18.2 Å². The molecule has 2 aromatic rings. The van der Waals surface area contributed by atoms with Gasteiger partial charge in [-0.1, -0.05) is 18.2 Å². The van der Waals surface area contributed by atoms with E-state index >= 15 is 0 Å². The van der Waals surface area contributed by atoms with Crippen LogP contribution in [-0.2, 0) is 14.8 Å². The molecule has 0 unspecified atom stereocenters. The highest BCUT2D eigenvalue weighted by atomic mass is 32.2. The monoisotopic (exact) mass is 375 g/mol. The highest BCUT2D eigenvalue weighted by Crippen LogP contribution is 2.27. The van der Waals surface area contributed by atoms with Crippen LogP contribution in [-0.4, -0.2) is 43.6 Å². The number of rotatable bonds is 6. The number of sulfonamides is 1. The lowest BCUT2D eigenvalue weighted by atomic mass is 10.2. The third kappa shape index (κ3) is 3.37. The Labute approximate surface area is 152 Å². The van der Waals surface area contributed by atoms with Gasteiger partial charge in [0.15, 0.2) is 0 Å². The van der Waals surface area contributed by atoms with Gasteiger partial charge in [-0.3, -0.25) is 4.31 Å². The molecule has 138 valence electrons. The Morgan fingerprint density at radius 1 is 1.27 bits per heavy atom. The van der Waals surface area contributed by atoms with Crippen molar-refractivity contribution < 1.29 is 18.3 Å². The van der Waals surface area contributed by atoms with Crippen molar-refractivity contribution in [2.75, 3.05) is 22.3 Å². The second-order valence-corrected chi connectivity index (χ2v) is 7.91. The maximum absolute atomic E-state index is 12.9. The Balaban J connectivity index is 1.89. The summed E-state index contributed by atoms with van der Waals surface area (Å²) in [6.07, 6.45) is 2.64. The number of hydrogen-bond donors (Lipinski definition) is 1. The first-order valence-electron chi connectivity index (χ1n) is 8.48. The molecule has 0 radical (unpaired) electrons. The predicted octanol–water partition coefficient (Wildman–Crippen LogP) is 2.35. The molecule has 1 saturated heterocycles. The minimum atomic E-state index is -3.74. The molecular formula is C18H21N3O4S.